The number of rotatable bonds is 12. The lowest BCUT2D eigenvalue weighted by atomic mass is 9.97. The molecule has 3 rings (SSSR count). The normalized spacial score (nSPS) is 22.1. The van der Waals surface area contributed by atoms with E-state index in [1.54, 1.807) is 6.07 Å². The third-order valence-electron chi connectivity index (χ3n) is 5.74. The summed E-state index contributed by atoms with van der Waals surface area (Å²) in [6, 6.07) is 5.04. The van der Waals surface area contributed by atoms with Crippen molar-refractivity contribution in [2.45, 2.75) is 82.6 Å². The second-order valence-corrected chi connectivity index (χ2v) is 9.95. The van der Waals surface area contributed by atoms with Gasteiger partial charge in [-0.15, -0.1) is 4.72 Å². The number of hydrogen-bond acceptors (Lipinski definition) is 6. The van der Waals surface area contributed by atoms with Gasteiger partial charge in [-0.1, -0.05) is 51.2 Å². The molecule has 1 fully saturated rings. The Morgan fingerprint density at radius 3 is 2.70 bits per heavy atom. The van der Waals surface area contributed by atoms with Crippen molar-refractivity contribution in [1.29, 1.82) is 0 Å². The fourth-order valence-corrected chi connectivity index (χ4v) is 5.44. The number of carboxylic acids is 1. The minimum atomic E-state index is -4.07. The van der Waals surface area contributed by atoms with Crippen LogP contribution in [-0.2, 0) is 14.8 Å². The average Bonchev–Trinajstić information content (AvgIpc) is 3.26. The molecule has 1 aliphatic heterocycles. The minimum absolute atomic E-state index is 0.00655. The summed E-state index contributed by atoms with van der Waals surface area (Å²) < 4.78 is 37.8. The maximum absolute atomic E-state index is 12.4. The molecule has 2 aliphatic rings. The summed E-state index contributed by atoms with van der Waals surface area (Å²) >= 11 is 0. The van der Waals surface area contributed by atoms with Crippen molar-refractivity contribution in [2.24, 2.45) is 0 Å². The van der Waals surface area contributed by atoms with Gasteiger partial charge in [0.2, 0.25) is 10.0 Å². The highest BCUT2D eigenvalue weighted by Gasteiger charge is 2.46. The summed E-state index contributed by atoms with van der Waals surface area (Å²) in [5, 5.41) is 20.0. The summed E-state index contributed by atoms with van der Waals surface area (Å²) in [7, 11) is -4.07. The Morgan fingerprint density at radius 1 is 1.23 bits per heavy atom. The Kier molecular flexibility index (Phi) is 7.26. The second-order valence-electron chi connectivity index (χ2n) is 8.11. The van der Waals surface area contributed by atoms with E-state index in [9.17, 15) is 23.4 Å². The second kappa shape index (κ2) is 9.53. The zero-order valence-electron chi connectivity index (χ0n) is 17.3. The van der Waals surface area contributed by atoms with Crippen LogP contribution in [0.4, 0.5) is 0 Å². The molecule has 8 nitrogen and oxygen atoms in total. The Morgan fingerprint density at radius 2 is 1.97 bits per heavy atom. The Hall–Kier alpha value is -1.84. The highest BCUT2D eigenvalue weighted by Crippen LogP contribution is 2.50. The molecule has 9 heteroatoms. The van der Waals surface area contributed by atoms with Crippen LogP contribution in [0.5, 0.6) is 11.5 Å². The van der Waals surface area contributed by atoms with Crippen LogP contribution in [0, 0.1) is 0 Å². The van der Waals surface area contributed by atoms with E-state index in [0.717, 1.165) is 56.9 Å². The lowest BCUT2D eigenvalue weighted by Crippen LogP contribution is -2.59. The van der Waals surface area contributed by atoms with Gasteiger partial charge < -0.3 is 19.7 Å². The van der Waals surface area contributed by atoms with Gasteiger partial charge in [-0.2, -0.15) is 0 Å². The summed E-state index contributed by atoms with van der Waals surface area (Å²) in [6.07, 6.45) is 8.16. The molecule has 0 bridgehead atoms. The number of benzene rings is 1. The third kappa shape index (κ3) is 5.25. The molecular formula is C21H31NO7S. The number of carbonyl (C=O) groups is 1. The van der Waals surface area contributed by atoms with E-state index in [0.29, 0.717) is 12.2 Å². The number of carboxylic acid groups (broad SMARTS) is 1. The Bertz CT molecular complexity index is 857. The van der Waals surface area contributed by atoms with Crippen LogP contribution in [0.25, 0.3) is 0 Å². The molecule has 0 aromatic heterocycles. The van der Waals surface area contributed by atoms with Crippen molar-refractivity contribution in [2.75, 3.05) is 5.75 Å². The number of aliphatic carboxylic acids is 1. The molecule has 0 radical (unpaired) electrons. The fraction of sp³-hybridized carbons (Fsp3) is 0.667. The summed E-state index contributed by atoms with van der Waals surface area (Å²) in [5.74, 6) is -4.64. The van der Waals surface area contributed by atoms with Crippen LogP contribution < -0.4 is 14.2 Å². The van der Waals surface area contributed by atoms with E-state index in [4.69, 9.17) is 9.47 Å². The van der Waals surface area contributed by atoms with Crippen LogP contribution in [0.15, 0.2) is 18.2 Å². The van der Waals surface area contributed by atoms with Gasteiger partial charge >= 0.3 is 11.9 Å². The minimum Gasteiger partial charge on any atom is -0.486 e. The Labute approximate surface area is 177 Å². The maximum atomic E-state index is 12.4. The van der Waals surface area contributed by atoms with Crippen molar-refractivity contribution < 1.29 is 32.9 Å². The lowest BCUT2D eigenvalue weighted by molar-refractivity contribution is -0.197. The van der Waals surface area contributed by atoms with Crippen LogP contribution in [-0.4, -0.2) is 42.4 Å². The first-order chi connectivity index (χ1) is 14.3. The molecule has 1 saturated carbocycles. The number of unbranched alkanes of at least 4 members (excludes halogenated alkanes) is 5. The van der Waals surface area contributed by atoms with Gasteiger partial charge in [0.25, 0.3) is 0 Å². The van der Waals surface area contributed by atoms with Crippen LogP contribution in [0.2, 0.25) is 0 Å². The molecule has 0 amide bonds. The van der Waals surface area contributed by atoms with Crippen molar-refractivity contribution in [1.82, 2.24) is 4.72 Å². The maximum Gasteiger partial charge on any atom is 0.395 e. The number of para-hydroxylation sites is 1. The van der Waals surface area contributed by atoms with Gasteiger partial charge in [0.15, 0.2) is 11.5 Å². The van der Waals surface area contributed by atoms with Gasteiger partial charge in [-0.25, -0.2) is 13.2 Å². The largest absolute Gasteiger partial charge is 0.486 e. The average molecular weight is 442 g/mol. The van der Waals surface area contributed by atoms with E-state index < -0.39 is 21.9 Å². The molecule has 30 heavy (non-hydrogen) atoms. The molecule has 1 aromatic carbocycles. The highest BCUT2D eigenvalue weighted by molar-refractivity contribution is 7.89. The molecule has 168 valence electrons. The van der Waals surface area contributed by atoms with Crippen LogP contribution in [0.3, 0.4) is 0 Å². The molecule has 1 aliphatic carbocycles. The third-order valence-corrected chi connectivity index (χ3v) is 7.15. The van der Waals surface area contributed by atoms with E-state index in [1.807, 2.05) is 10.8 Å². The van der Waals surface area contributed by atoms with E-state index in [1.165, 1.54) is 6.07 Å². The zero-order valence-corrected chi connectivity index (χ0v) is 18.1. The first kappa shape index (κ1) is 22.8. The molecule has 1 heterocycles. The molecule has 0 spiro atoms. The summed E-state index contributed by atoms with van der Waals surface area (Å²) in [4.78, 5) is 11.7. The van der Waals surface area contributed by atoms with E-state index >= 15 is 0 Å². The summed E-state index contributed by atoms with van der Waals surface area (Å²) in [6.45, 7) is 2.10. The number of aliphatic hydroxyl groups is 1. The van der Waals surface area contributed by atoms with Crippen molar-refractivity contribution in [3.63, 3.8) is 0 Å². The van der Waals surface area contributed by atoms with Crippen LogP contribution >= 0.6 is 0 Å². The first-order valence-electron chi connectivity index (χ1n) is 10.7. The molecule has 3 atom stereocenters. The molecule has 0 saturated heterocycles. The molecule has 3 unspecified atom stereocenters. The molecule has 1 aromatic rings. The standard InChI is InChI=1S/C21H31NO7S/c1-2-3-4-5-6-7-14-30(26,27)22-21(25,20(23)24)29-18-13-9-11-16-15-10-8-12-17(15)28-19(16)18/h9,11,13,15,17,22,25H,2-8,10,12,14H2,1H3,(H,23,24). The van der Waals surface area contributed by atoms with Gasteiger partial charge in [-0.3, -0.25) is 0 Å². The number of hydrogen-bond donors (Lipinski definition) is 3. The zero-order chi connectivity index (χ0) is 21.8. The van der Waals surface area contributed by atoms with Crippen molar-refractivity contribution in [3.8, 4) is 11.5 Å². The van der Waals surface area contributed by atoms with Gasteiger partial charge in [0.1, 0.15) is 6.10 Å². The quantitative estimate of drug-likeness (QED) is 0.336. The smallest absolute Gasteiger partial charge is 0.395 e. The van der Waals surface area contributed by atoms with Crippen LogP contribution in [0.1, 0.15) is 76.2 Å². The molecular weight excluding hydrogens is 410 g/mol. The number of fused-ring (bicyclic) bond motifs is 3. The number of nitrogens with one attached hydrogen (secondary N) is 1. The monoisotopic (exact) mass is 441 g/mol. The van der Waals surface area contributed by atoms with Crippen molar-refractivity contribution >= 4 is 16.0 Å². The van der Waals surface area contributed by atoms with E-state index in [-0.39, 0.29) is 23.5 Å². The van der Waals surface area contributed by atoms with Crippen molar-refractivity contribution in [3.05, 3.63) is 23.8 Å². The first-order valence-corrected chi connectivity index (χ1v) is 12.4. The predicted molar refractivity (Wildman–Crippen MR) is 111 cm³/mol. The number of sulfonamides is 1. The van der Waals surface area contributed by atoms with Gasteiger partial charge in [0, 0.05) is 11.5 Å². The Balaban J connectivity index is 1.67. The van der Waals surface area contributed by atoms with Gasteiger partial charge in [-0.05, 0) is 31.7 Å². The predicted octanol–water partition coefficient (Wildman–Crippen LogP) is 3.10. The SMILES string of the molecule is CCCCCCCCS(=O)(=O)NC(O)(Oc1cccc2c1OC1CCCC21)C(=O)O. The number of ether oxygens (including phenoxy) is 2. The topological polar surface area (TPSA) is 122 Å². The summed E-state index contributed by atoms with van der Waals surface area (Å²) in [5.41, 5.74) is 0.901. The fourth-order valence-electron chi connectivity index (χ4n) is 4.21. The highest BCUT2D eigenvalue weighted by atomic mass is 32.2. The molecule has 3 N–H and O–H groups in total. The lowest BCUT2D eigenvalue weighted by Gasteiger charge is -2.26. The van der Waals surface area contributed by atoms with Gasteiger partial charge in [0.05, 0.1) is 5.75 Å². The van der Waals surface area contributed by atoms with E-state index in [2.05, 4.69) is 6.92 Å².